The van der Waals surface area contributed by atoms with E-state index in [0.29, 0.717) is 18.5 Å². The first-order valence-corrected chi connectivity index (χ1v) is 6.80. The molecule has 1 aromatic carbocycles. The Hall–Kier alpha value is -2.21. The summed E-state index contributed by atoms with van der Waals surface area (Å²) < 4.78 is 0. The largest absolute Gasteiger partial charge is 0.396 e. The minimum absolute atomic E-state index is 0.000501. The van der Waals surface area contributed by atoms with Gasteiger partial charge in [-0.2, -0.15) is 0 Å². The summed E-state index contributed by atoms with van der Waals surface area (Å²) >= 11 is 0. The molecule has 6 heteroatoms. The van der Waals surface area contributed by atoms with Gasteiger partial charge in [0, 0.05) is 31.3 Å². The van der Waals surface area contributed by atoms with Crippen molar-refractivity contribution in [2.75, 3.05) is 13.2 Å². The number of aliphatic hydroxyl groups is 1. The standard InChI is InChI=1S/C15H20N2O4/c1-12(2)16(10-5-11-18)15(19)9-8-13-6-3-4-7-14(13)17(20)21/h3-4,6-9,12,18H,5,10-11H2,1-2H3/b9-8+. The molecule has 0 unspecified atom stereocenters. The van der Waals surface area contributed by atoms with E-state index in [0.717, 1.165) is 0 Å². The van der Waals surface area contributed by atoms with Crippen LogP contribution in [0.3, 0.4) is 0 Å². The number of benzene rings is 1. The lowest BCUT2D eigenvalue weighted by atomic mass is 10.1. The van der Waals surface area contributed by atoms with Gasteiger partial charge in [0.2, 0.25) is 5.91 Å². The molecule has 0 aliphatic rings. The van der Waals surface area contributed by atoms with Crippen molar-refractivity contribution in [3.05, 3.63) is 46.0 Å². The van der Waals surface area contributed by atoms with Gasteiger partial charge in [-0.25, -0.2) is 0 Å². The smallest absolute Gasteiger partial charge is 0.276 e. The normalized spacial score (nSPS) is 11.0. The van der Waals surface area contributed by atoms with E-state index < -0.39 is 4.92 Å². The third kappa shape index (κ3) is 5.00. The number of hydrogen-bond acceptors (Lipinski definition) is 4. The number of hydrogen-bond donors (Lipinski definition) is 1. The maximum absolute atomic E-state index is 12.1. The van der Waals surface area contributed by atoms with Gasteiger partial charge in [0.15, 0.2) is 0 Å². The van der Waals surface area contributed by atoms with Crippen LogP contribution in [0.15, 0.2) is 30.3 Å². The van der Waals surface area contributed by atoms with Crippen LogP contribution in [0.4, 0.5) is 5.69 Å². The number of carbonyl (C=O) groups is 1. The summed E-state index contributed by atoms with van der Waals surface area (Å²) in [4.78, 5) is 24.2. The van der Waals surface area contributed by atoms with Crippen LogP contribution < -0.4 is 0 Å². The van der Waals surface area contributed by atoms with Gasteiger partial charge in [-0.15, -0.1) is 0 Å². The first-order chi connectivity index (χ1) is 9.97. The first-order valence-electron chi connectivity index (χ1n) is 6.80. The Morgan fingerprint density at radius 2 is 2.10 bits per heavy atom. The highest BCUT2D eigenvalue weighted by atomic mass is 16.6. The second kappa shape index (κ2) is 8.16. The van der Waals surface area contributed by atoms with E-state index in [4.69, 9.17) is 5.11 Å². The molecule has 114 valence electrons. The summed E-state index contributed by atoms with van der Waals surface area (Å²) in [5, 5.41) is 19.8. The molecule has 0 aromatic heterocycles. The van der Waals surface area contributed by atoms with Gasteiger partial charge >= 0.3 is 0 Å². The molecule has 0 aliphatic heterocycles. The molecule has 0 saturated carbocycles. The van der Waals surface area contributed by atoms with Crippen molar-refractivity contribution in [1.82, 2.24) is 4.90 Å². The number of carbonyl (C=O) groups excluding carboxylic acids is 1. The van der Waals surface area contributed by atoms with Crippen molar-refractivity contribution in [2.45, 2.75) is 26.3 Å². The molecule has 0 radical (unpaired) electrons. The lowest BCUT2D eigenvalue weighted by Crippen LogP contribution is -2.36. The van der Waals surface area contributed by atoms with Crippen LogP contribution in [0, 0.1) is 10.1 Å². The number of rotatable bonds is 7. The Balaban J connectivity index is 2.88. The molecule has 21 heavy (non-hydrogen) atoms. The summed E-state index contributed by atoms with van der Waals surface area (Å²) in [5.41, 5.74) is 0.356. The van der Waals surface area contributed by atoms with E-state index in [1.165, 1.54) is 18.2 Å². The van der Waals surface area contributed by atoms with Crippen LogP contribution in [0.1, 0.15) is 25.8 Å². The molecule has 1 amide bonds. The van der Waals surface area contributed by atoms with Crippen molar-refractivity contribution in [3.8, 4) is 0 Å². The molecule has 0 saturated heterocycles. The zero-order valence-electron chi connectivity index (χ0n) is 12.2. The summed E-state index contributed by atoms with van der Waals surface area (Å²) in [6.07, 6.45) is 3.29. The monoisotopic (exact) mass is 292 g/mol. The molecule has 1 N–H and O–H groups in total. The number of nitrogens with zero attached hydrogens (tertiary/aromatic N) is 2. The Morgan fingerprint density at radius 1 is 1.43 bits per heavy atom. The van der Waals surface area contributed by atoms with Crippen LogP contribution in [-0.4, -0.2) is 40.0 Å². The van der Waals surface area contributed by atoms with Gasteiger partial charge in [0.05, 0.1) is 10.5 Å². The van der Waals surface area contributed by atoms with Gasteiger partial charge in [0.25, 0.3) is 5.69 Å². The molecular formula is C15H20N2O4. The Labute approximate surface area is 123 Å². The first kappa shape index (κ1) is 16.8. The predicted molar refractivity (Wildman–Crippen MR) is 80.7 cm³/mol. The van der Waals surface area contributed by atoms with E-state index in [9.17, 15) is 14.9 Å². The van der Waals surface area contributed by atoms with Gasteiger partial charge in [0.1, 0.15) is 0 Å². The fourth-order valence-corrected chi connectivity index (χ4v) is 1.92. The average Bonchev–Trinajstić information content (AvgIpc) is 2.45. The topological polar surface area (TPSA) is 83.7 Å². The predicted octanol–water partition coefficient (Wildman–Crippen LogP) is 2.23. The van der Waals surface area contributed by atoms with Gasteiger partial charge in [-0.05, 0) is 32.4 Å². The molecule has 0 spiro atoms. The van der Waals surface area contributed by atoms with E-state index >= 15 is 0 Å². The van der Waals surface area contributed by atoms with Crippen LogP contribution in [-0.2, 0) is 4.79 Å². The highest BCUT2D eigenvalue weighted by Crippen LogP contribution is 2.19. The Kier molecular flexibility index (Phi) is 6.55. The maximum Gasteiger partial charge on any atom is 0.276 e. The number of amides is 1. The zero-order valence-corrected chi connectivity index (χ0v) is 12.2. The minimum Gasteiger partial charge on any atom is -0.396 e. The molecule has 0 fully saturated rings. The summed E-state index contributed by atoms with van der Waals surface area (Å²) in [6.45, 7) is 4.24. The quantitative estimate of drug-likeness (QED) is 0.474. The highest BCUT2D eigenvalue weighted by Gasteiger charge is 2.15. The highest BCUT2D eigenvalue weighted by molar-refractivity contribution is 5.92. The molecule has 6 nitrogen and oxygen atoms in total. The van der Waals surface area contributed by atoms with E-state index in [2.05, 4.69) is 0 Å². The van der Waals surface area contributed by atoms with Crippen LogP contribution in [0.2, 0.25) is 0 Å². The third-order valence-electron chi connectivity index (χ3n) is 3.00. The molecule has 0 heterocycles. The van der Waals surface area contributed by atoms with E-state index in [-0.39, 0.29) is 24.2 Å². The Morgan fingerprint density at radius 3 is 2.67 bits per heavy atom. The lowest BCUT2D eigenvalue weighted by molar-refractivity contribution is -0.385. The molecule has 0 aliphatic carbocycles. The van der Waals surface area contributed by atoms with Crippen molar-refractivity contribution in [1.29, 1.82) is 0 Å². The minimum atomic E-state index is -0.476. The summed E-state index contributed by atoms with van der Waals surface area (Å²) in [5.74, 6) is -0.225. The van der Waals surface area contributed by atoms with Crippen molar-refractivity contribution in [2.24, 2.45) is 0 Å². The second-order valence-corrected chi connectivity index (χ2v) is 4.85. The molecule has 1 aromatic rings. The van der Waals surface area contributed by atoms with Crippen molar-refractivity contribution < 1.29 is 14.8 Å². The number of nitro groups is 1. The summed E-state index contributed by atoms with van der Waals surface area (Å²) in [7, 11) is 0. The summed E-state index contributed by atoms with van der Waals surface area (Å²) in [6, 6.07) is 6.26. The van der Waals surface area contributed by atoms with E-state index in [1.54, 1.807) is 23.1 Å². The van der Waals surface area contributed by atoms with Gasteiger partial charge < -0.3 is 10.0 Å². The van der Waals surface area contributed by atoms with Crippen LogP contribution in [0.25, 0.3) is 6.08 Å². The van der Waals surface area contributed by atoms with Crippen molar-refractivity contribution >= 4 is 17.7 Å². The van der Waals surface area contributed by atoms with Gasteiger partial charge in [-0.3, -0.25) is 14.9 Å². The molecule has 0 bridgehead atoms. The second-order valence-electron chi connectivity index (χ2n) is 4.85. The fraction of sp³-hybridized carbons (Fsp3) is 0.400. The lowest BCUT2D eigenvalue weighted by Gasteiger charge is -2.25. The Bertz CT molecular complexity index is 526. The number of para-hydroxylation sites is 1. The molecule has 1 rings (SSSR count). The number of nitro benzene ring substituents is 1. The molecular weight excluding hydrogens is 272 g/mol. The average molecular weight is 292 g/mol. The third-order valence-corrected chi connectivity index (χ3v) is 3.00. The molecule has 0 atom stereocenters. The van der Waals surface area contributed by atoms with E-state index in [1.807, 2.05) is 13.8 Å². The SMILES string of the molecule is CC(C)N(CCCO)C(=O)/C=C/c1ccccc1[N+](=O)[O-]. The van der Waals surface area contributed by atoms with Crippen LogP contribution in [0.5, 0.6) is 0 Å². The zero-order chi connectivity index (χ0) is 15.8. The van der Waals surface area contributed by atoms with Gasteiger partial charge in [-0.1, -0.05) is 12.1 Å². The maximum atomic E-state index is 12.1. The van der Waals surface area contributed by atoms with Crippen LogP contribution >= 0.6 is 0 Å². The fourth-order valence-electron chi connectivity index (χ4n) is 1.92. The number of aliphatic hydroxyl groups excluding tert-OH is 1. The van der Waals surface area contributed by atoms with Crippen molar-refractivity contribution in [3.63, 3.8) is 0 Å².